The van der Waals surface area contributed by atoms with E-state index in [1.54, 1.807) is 3.61 Å². The Balaban J connectivity index is 2.35. The van der Waals surface area contributed by atoms with Gasteiger partial charge in [0.1, 0.15) is 0 Å². The molecule has 0 radical (unpaired) electrons. The molecule has 0 fully saturated rings. The molecule has 0 saturated carbocycles. The van der Waals surface area contributed by atoms with Crippen LogP contribution in [0.2, 0.25) is 0 Å². The van der Waals surface area contributed by atoms with Crippen LogP contribution >= 0.6 is 11.8 Å². The van der Waals surface area contributed by atoms with E-state index in [9.17, 15) is 0 Å². The van der Waals surface area contributed by atoms with Gasteiger partial charge in [-0.15, -0.1) is 0 Å². The second kappa shape index (κ2) is 3.49. The first kappa shape index (κ1) is 8.74. The molecule has 12 heavy (non-hydrogen) atoms. The number of hydrogen-bond acceptors (Lipinski definition) is 2. The van der Waals surface area contributed by atoms with Crippen molar-refractivity contribution in [3.8, 4) is 0 Å². The fourth-order valence-corrected chi connectivity index (χ4v) is 4.47. The van der Waals surface area contributed by atoms with Crippen LogP contribution in [0.25, 0.3) is 0 Å². The van der Waals surface area contributed by atoms with Gasteiger partial charge in [0.15, 0.2) is 0 Å². The number of thioether (sulfide) groups is 1. The van der Waals surface area contributed by atoms with Gasteiger partial charge in [-0.05, 0) is 0 Å². The van der Waals surface area contributed by atoms with Crippen molar-refractivity contribution < 1.29 is 0 Å². The molecule has 1 aliphatic heterocycles. The van der Waals surface area contributed by atoms with E-state index in [1.165, 1.54) is 10.6 Å². The van der Waals surface area contributed by atoms with Crippen molar-refractivity contribution in [3.63, 3.8) is 0 Å². The zero-order valence-corrected chi connectivity index (χ0v) is 10.3. The second-order valence-electron chi connectivity index (χ2n) is 2.77. The van der Waals surface area contributed by atoms with E-state index in [0.29, 0.717) is 0 Å². The summed E-state index contributed by atoms with van der Waals surface area (Å²) in [6, 6.07) is 6.79. The van der Waals surface area contributed by atoms with Gasteiger partial charge in [0, 0.05) is 0 Å². The molecule has 1 nitrogen and oxygen atoms in total. The van der Waals surface area contributed by atoms with Gasteiger partial charge in [-0.2, -0.15) is 0 Å². The predicted molar refractivity (Wildman–Crippen MR) is 56.7 cm³/mol. The van der Waals surface area contributed by atoms with Crippen molar-refractivity contribution in [2.75, 3.05) is 11.6 Å². The number of hydrogen-bond donors (Lipinski definition) is 1. The average Bonchev–Trinajstić information content (AvgIpc) is 2.43. The summed E-state index contributed by atoms with van der Waals surface area (Å²) in [5.41, 5.74) is 1.39. The zero-order valence-electron chi connectivity index (χ0n) is 7.13. The molecule has 1 heterocycles. The Labute approximate surface area is 87.4 Å². The Bertz CT molecular complexity index is 301. The van der Waals surface area contributed by atoms with Crippen LogP contribution in [0.1, 0.15) is 6.92 Å². The minimum atomic E-state index is 0.0487. The van der Waals surface area contributed by atoms with Crippen molar-refractivity contribution in [2.24, 2.45) is 0 Å². The third-order valence-corrected chi connectivity index (χ3v) is 5.66. The van der Waals surface area contributed by atoms with E-state index >= 15 is 0 Å². The normalized spacial score (nSPS) is 20.3. The zero-order chi connectivity index (χ0) is 8.55. The van der Waals surface area contributed by atoms with Crippen LogP contribution in [0.15, 0.2) is 23.1 Å². The van der Waals surface area contributed by atoms with Gasteiger partial charge in [0.25, 0.3) is 0 Å². The molecule has 1 aliphatic rings. The van der Waals surface area contributed by atoms with Gasteiger partial charge < -0.3 is 0 Å². The number of fused-ring (bicyclic) bond motifs is 1. The summed E-state index contributed by atoms with van der Waals surface area (Å²) >= 11 is 1.86. The molecule has 3 heteroatoms. The summed E-state index contributed by atoms with van der Waals surface area (Å²) in [4.78, 5) is 1.36. The maximum absolute atomic E-state index is 3.52. The molecule has 0 spiro atoms. The van der Waals surface area contributed by atoms with Crippen molar-refractivity contribution in [1.82, 2.24) is 0 Å². The SMILES string of the molecule is CSc1ccc2c(c1)NC(C)[Te]2. The van der Waals surface area contributed by atoms with Crippen LogP contribution in [0.5, 0.6) is 0 Å². The molecule has 0 saturated heterocycles. The molecule has 1 aromatic carbocycles. The van der Waals surface area contributed by atoms with Crippen LogP contribution in [0.3, 0.4) is 0 Å². The number of anilines is 1. The van der Waals surface area contributed by atoms with E-state index in [-0.39, 0.29) is 20.9 Å². The molecule has 0 aliphatic carbocycles. The van der Waals surface area contributed by atoms with E-state index in [0.717, 1.165) is 4.09 Å². The maximum atomic E-state index is 3.52. The Morgan fingerprint density at radius 2 is 2.33 bits per heavy atom. The topological polar surface area (TPSA) is 12.0 Å². The van der Waals surface area contributed by atoms with Gasteiger partial charge >= 0.3 is 87.7 Å². The van der Waals surface area contributed by atoms with Gasteiger partial charge in [0.05, 0.1) is 0 Å². The summed E-state index contributed by atoms with van der Waals surface area (Å²) < 4.78 is 2.33. The molecule has 0 aromatic heterocycles. The van der Waals surface area contributed by atoms with Gasteiger partial charge in [0.2, 0.25) is 0 Å². The quantitative estimate of drug-likeness (QED) is 0.622. The van der Waals surface area contributed by atoms with Crippen LogP contribution in [-0.4, -0.2) is 31.3 Å². The fraction of sp³-hybridized carbons (Fsp3) is 0.333. The van der Waals surface area contributed by atoms with Gasteiger partial charge in [-0.3, -0.25) is 0 Å². The summed E-state index contributed by atoms with van der Waals surface area (Å²) in [5, 5.41) is 3.52. The third kappa shape index (κ3) is 1.59. The van der Waals surface area contributed by atoms with Crippen LogP contribution in [0.4, 0.5) is 5.69 Å². The number of nitrogens with one attached hydrogen (secondary N) is 1. The van der Waals surface area contributed by atoms with E-state index in [2.05, 4.69) is 36.7 Å². The average molecular weight is 293 g/mol. The van der Waals surface area contributed by atoms with Gasteiger partial charge in [-0.1, -0.05) is 0 Å². The molecule has 1 aromatic rings. The molecular formula is C9H11NSTe. The monoisotopic (exact) mass is 295 g/mol. The second-order valence-corrected chi connectivity index (χ2v) is 7.59. The summed E-state index contributed by atoms with van der Waals surface area (Å²) in [6.07, 6.45) is 2.12. The van der Waals surface area contributed by atoms with Crippen molar-refractivity contribution in [2.45, 2.75) is 15.9 Å². The molecule has 1 N–H and O–H groups in total. The van der Waals surface area contributed by atoms with E-state index < -0.39 is 0 Å². The molecule has 1 unspecified atom stereocenters. The first-order chi connectivity index (χ1) is 5.79. The molecule has 0 amide bonds. The van der Waals surface area contributed by atoms with Crippen LogP contribution in [0, 0.1) is 0 Å². The minimum absolute atomic E-state index is 0.0487. The molecule has 2 rings (SSSR count). The van der Waals surface area contributed by atoms with Gasteiger partial charge in [-0.25, -0.2) is 0 Å². The van der Waals surface area contributed by atoms with E-state index in [4.69, 9.17) is 0 Å². The molecule has 1 atom stereocenters. The predicted octanol–water partition coefficient (Wildman–Crippen LogP) is 1.51. The molecule has 0 bridgehead atoms. The Kier molecular flexibility index (Phi) is 2.55. The van der Waals surface area contributed by atoms with Crippen molar-refractivity contribution >= 4 is 42.0 Å². The third-order valence-electron chi connectivity index (χ3n) is 1.85. The number of benzene rings is 1. The number of rotatable bonds is 1. The summed E-state index contributed by atoms with van der Waals surface area (Å²) in [6.45, 7) is 2.28. The Morgan fingerprint density at radius 3 is 3.08 bits per heavy atom. The first-order valence-electron chi connectivity index (χ1n) is 3.91. The molecule has 64 valence electrons. The standard InChI is InChI=1S/C9H11NSTe/c1-6-10-8-5-7(11-2)3-4-9(8)12-6/h3-6,10H,1-2H3. The summed E-state index contributed by atoms with van der Waals surface area (Å²) in [5.74, 6) is 0. The Morgan fingerprint density at radius 1 is 1.50 bits per heavy atom. The molecular weight excluding hydrogens is 282 g/mol. The fourth-order valence-electron chi connectivity index (χ4n) is 1.29. The van der Waals surface area contributed by atoms with Crippen LogP contribution < -0.4 is 8.93 Å². The summed E-state index contributed by atoms with van der Waals surface area (Å²) in [7, 11) is 0. The van der Waals surface area contributed by atoms with Crippen molar-refractivity contribution in [1.29, 1.82) is 0 Å². The van der Waals surface area contributed by atoms with E-state index in [1.807, 2.05) is 11.8 Å². The van der Waals surface area contributed by atoms with Crippen molar-refractivity contribution in [3.05, 3.63) is 18.2 Å². The Hall–Kier alpha value is 0.160. The van der Waals surface area contributed by atoms with Crippen LogP contribution in [-0.2, 0) is 0 Å². The first-order valence-corrected chi connectivity index (χ1v) is 7.64.